The fraction of sp³-hybridized carbons (Fsp3) is 0.423. The average Bonchev–Trinajstić information content (AvgIpc) is 3.07. The molecular weight excluding hydrogens is 420 g/mol. The van der Waals surface area contributed by atoms with Crippen LogP contribution in [0.15, 0.2) is 48.5 Å². The minimum atomic E-state index is -1.24. The van der Waals surface area contributed by atoms with E-state index in [1.807, 2.05) is 36.4 Å². The van der Waals surface area contributed by atoms with Crippen LogP contribution in [-0.2, 0) is 14.3 Å². The van der Waals surface area contributed by atoms with Gasteiger partial charge >= 0.3 is 12.1 Å². The van der Waals surface area contributed by atoms with Gasteiger partial charge in [0.15, 0.2) is 0 Å². The standard InChI is InChI=1S/C26H30N2O5/c1-26(2,24(31)27-14-21(23(29)30)16-8-7-9-16)28-25(32)33-15-22-19-12-5-3-10-17(19)18-11-4-6-13-20(18)22/h3-6,10-13,16,21-22H,7-9,14-15H2,1-2H3,(H,27,31)(H,28,32)(H,29,30). The molecule has 7 nitrogen and oxygen atoms in total. The molecule has 0 aliphatic heterocycles. The molecule has 2 aliphatic rings. The third-order valence-corrected chi connectivity index (χ3v) is 6.84. The summed E-state index contributed by atoms with van der Waals surface area (Å²) in [4.78, 5) is 36.7. The van der Waals surface area contributed by atoms with Crippen molar-refractivity contribution in [1.82, 2.24) is 10.6 Å². The number of benzene rings is 2. The normalized spacial score (nSPS) is 16.2. The molecule has 2 aromatic carbocycles. The Hall–Kier alpha value is -3.35. The molecule has 2 aromatic rings. The lowest BCUT2D eigenvalue weighted by atomic mass is 9.76. The Labute approximate surface area is 193 Å². The number of ether oxygens (including phenoxy) is 1. The minimum Gasteiger partial charge on any atom is -0.481 e. The third kappa shape index (κ3) is 4.72. The third-order valence-electron chi connectivity index (χ3n) is 6.84. The number of alkyl carbamates (subject to hydrolysis) is 1. The number of carboxylic acid groups (broad SMARTS) is 1. The van der Waals surface area contributed by atoms with Crippen molar-refractivity contribution in [3.63, 3.8) is 0 Å². The topological polar surface area (TPSA) is 105 Å². The number of hydrogen-bond donors (Lipinski definition) is 3. The van der Waals surface area contributed by atoms with Crippen LogP contribution in [0, 0.1) is 11.8 Å². The Kier molecular flexibility index (Phi) is 6.40. The van der Waals surface area contributed by atoms with Gasteiger partial charge in [0.2, 0.25) is 5.91 Å². The van der Waals surface area contributed by atoms with E-state index in [4.69, 9.17) is 4.74 Å². The van der Waals surface area contributed by atoms with Gasteiger partial charge in [-0.1, -0.05) is 55.0 Å². The van der Waals surface area contributed by atoms with E-state index in [0.29, 0.717) is 0 Å². The number of nitrogens with one attached hydrogen (secondary N) is 2. The first-order chi connectivity index (χ1) is 15.8. The molecular formula is C26H30N2O5. The van der Waals surface area contributed by atoms with Gasteiger partial charge in [-0.25, -0.2) is 4.79 Å². The summed E-state index contributed by atoms with van der Waals surface area (Å²) < 4.78 is 5.53. The zero-order valence-electron chi connectivity index (χ0n) is 19.0. The second kappa shape index (κ2) is 9.25. The maximum atomic E-state index is 12.7. The monoisotopic (exact) mass is 450 g/mol. The van der Waals surface area contributed by atoms with Crippen molar-refractivity contribution in [1.29, 1.82) is 0 Å². The smallest absolute Gasteiger partial charge is 0.408 e. The highest BCUT2D eigenvalue weighted by atomic mass is 16.5. The van der Waals surface area contributed by atoms with Gasteiger partial charge in [0.1, 0.15) is 12.1 Å². The summed E-state index contributed by atoms with van der Waals surface area (Å²) in [6.45, 7) is 3.35. The number of carbonyl (C=O) groups excluding carboxylic acids is 2. The molecule has 0 bridgehead atoms. The first-order valence-corrected chi connectivity index (χ1v) is 11.4. The Morgan fingerprint density at radius 3 is 2.12 bits per heavy atom. The van der Waals surface area contributed by atoms with Crippen molar-refractivity contribution in [3.05, 3.63) is 59.7 Å². The number of rotatable bonds is 8. The molecule has 3 N–H and O–H groups in total. The highest BCUT2D eigenvalue weighted by molar-refractivity contribution is 5.89. The van der Waals surface area contributed by atoms with Gasteiger partial charge in [0, 0.05) is 12.5 Å². The summed E-state index contributed by atoms with van der Waals surface area (Å²) in [6.07, 6.45) is 2.07. The Morgan fingerprint density at radius 2 is 1.61 bits per heavy atom. The van der Waals surface area contributed by atoms with E-state index in [1.54, 1.807) is 13.8 Å². The first-order valence-electron chi connectivity index (χ1n) is 11.4. The van der Waals surface area contributed by atoms with Crippen LogP contribution in [0.5, 0.6) is 0 Å². The molecule has 1 unspecified atom stereocenters. The number of fused-ring (bicyclic) bond motifs is 3. The van der Waals surface area contributed by atoms with Gasteiger partial charge in [0.25, 0.3) is 0 Å². The van der Waals surface area contributed by atoms with E-state index >= 15 is 0 Å². The number of hydrogen-bond acceptors (Lipinski definition) is 4. The zero-order valence-corrected chi connectivity index (χ0v) is 19.0. The molecule has 1 fully saturated rings. The number of amides is 2. The van der Waals surface area contributed by atoms with Gasteiger partial charge in [-0.3, -0.25) is 9.59 Å². The van der Waals surface area contributed by atoms with Gasteiger partial charge in [-0.2, -0.15) is 0 Å². The molecule has 0 spiro atoms. The van der Waals surface area contributed by atoms with E-state index in [1.165, 1.54) is 0 Å². The zero-order chi connectivity index (χ0) is 23.6. The van der Waals surface area contributed by atoms with Crippen LogP contribution < -0.4 is 10.6 Å². The lowest BCUT2D eigenvalue weighted by Gasteiger charge is -2.32. The molecule has 0 aromatic heterocycles. The van der Waals surface area contributed by atoms with Crippen LogP contribution in [0.1, 0.15) is 50.2 Å². The SMILES string of the molecule is CC(C)(NC(=O)OCC1c2ccccc2-c2ccccc21)C(=O)NCC(C(=O)O)C1CCC1. The maximum Gasteiger partial charge on any atom is 0.408 e. The summed E-state index contributed by atoms with van der Waals surface area (Å²) in [5.74, 6) is -1.92. The van der Waals surface area contributed by atoms with Crippen molar-refractivity contribution < 1.29 is 24.2 Å². The van der Waals surface area contributed by atoms with Crippen LogP contribution in [-0.4, -0.2) is 41.8 Å². The number of aliphatic carboxylic acids is 1. The van der Waals surface area contributed by atoms with E-state index in [0.717, 1.165) is 41.5 Å². The van der Waals surface area contributed by atoms with Crippen molar-refractivity contribution in [2.75, 3.05) is 13.2 Å². The molecule has 4 rings (SSSR count). The van der Waals surface area contributed by atoms with Crippen molar-refractivity contribution in [2.24, 2.45) is 11.8 Å². The Morgan fingerprint density at radius 1 is 1.03 bits per heavy atom. The fourth-order valence-corrected chi connectivity index (χ4v) is 4.67. The van der Waals surface area contributed by atoms with Crippen LogP contribution in [0.4, 0.5) is 4.79 Å². The van der Waals surface area contributed by atoms with Crippen LogP contribution >= 0.6 is 0 Å². The second-order valence-electron chi connectivity index (χ2n) is 9.42. The molecule has 1 atom stereocenters. The summed E-state index contributed by atoms with van der Waals surface area (Å²) in [5, 5.41) is 14.8. The predicted molar refractivity (Wildman–Crippen MR) is 124 cm³/mol. The van der Waals surface area contributed by atoms with Crippen LogP contribution in [0.25, 0.3) is 11.1 Å². The van der Waals surface area contributed by atoms with Gasteiger partial charge in [-0.15, -0.1) is 0 Å². The molecule has 0 radical (unpaired) electrons. The Bertz CT molecular complexity index is 1010. The molecule has 2 aliphatic carbocycles. The first kappa shape index (κ1) is 22.8. The summed E-state index contributed by atoms with van der Waals surface area (Å²) >= 11 is 0. The molecule has 2 amide bonds. The number of carboxylic acids is 1. The molecule has 33 heavy (non-hydrogen) atoms. The summed E-state index contributed by atoms with van der Waals surface area (Å²) in [5.41, 5.74) is 3.26. The van der Waals surface area contributed by atoms with Crippen molar-refractivity contribution in [3.8, 4) is 11.1 Å². The quantitative estimate of drug-likeness (QED) is 0.565. The highest BCUT2D eigenvalue weighted by Crippen LogP contribution is 2.44. The van der Waals surface area contributed by atoms with E-state index in [9.17, 15) is 19.5 Å². The van der Waals surface area contributed by atoms with Crippen molar-refractivity contribution >= 4 is 18.0 Å². The number of carbonyl (C=O) groups is 3. The lowest BCUT2D eigenvalue weighted by Crippen LogP contribution is -2.56. The van der Waals surface area contributed by atoms with Gasteiger partial charge in [0.05, 0.1) is 5.92 Å². The largest absolute Gasteiger partial charge is 0.481 e. The molecule has 174 valence electrons. The van der Waals surface area contributed by atoms with E-state index in [-0.39, 0.29) is 25.0 Å². The molecule has 0 heterocycles. The summed E-state index contributed by atoms with van der Waals surface area (Å²) in [7, 11) is 0. The molecule has 1 saturated carbocycles. The molecule has 7 heteroatoms. The fourth-order valence-electron chi connectivity index (χ4n) is 4.67. The minimum absolute atomic E-state index is 0.0502. The summed E-state index contributed by atoms with van der Waals surface area (Å²) in [6, 6.07) is 16.1. The highest BCUT2D eigenvalue weighted by Gasteiger charge is 2.36. The van der Waals surface area contributed by atoms with Crippen LogP contribution in [0.2, 0.25) is 0 Å². The van der Waals surface area contributed by atoms with Crippen molar-refractivity contribution in [2.45, 2.75) is 44.6 Å². The second-order valence-corrected chi connectivity index (χ2v) is 9.42. The van der Waals surface area contributed by atoms with E-state index < -0.39 is 29.4 Å². The lowest BCUT2D eigenvalue weighted by molar-refractivity contribution is -0.145. The average molecular weight is 451 g/mol. The molecule has 0 saturated heterocycles. The predicted octanol–water partition coefficient (Wildman–Crippen LogP) is 3.92. The van der Waals surface area contributed by atoms with Crippen LogP contribution in [0.3, 0.4) is 0 Å². The maximum absolute atomic E-state index is 12.7. The van der Waals surface area contributed by atoms with Gasteiger partial charge in [-0.05, 0) is 54.9 Å². The van der Waals surface area contributed by atoms with E-state index in [2.05, 4.69) is 22.8 Å². The Balaban J connectivity index is 1.33. The van der Waals surface area contributed by atoms with Gasteiger partial charge < -0.3 is 20.5 Å².